The predicted octanol–water partition coefficient (Wildman–Crippen LogP) is 1.66. The molecule has 0 heterocycles. The summed E-state index contributed by atoms with van der Waals surface area (Å²) in [6.45, 7) is 1.27. The van der Waals surface area contributed by atoms with Crippen LogP contribution in [0.1, 0.15) is 18.4 Å². The molecule has 1 fully saturated rings. The van der Waals surface area contributed by atoms with Crippen LogP contribution in [0.4, 0.5) is 8.78 Å². The van der Waals surface area contributed by atoms with E-state index in [0.717, 1.165) is 23.2 Å². The highest BCUT2D eigenvalue weighted by atomic mass is 32.2. The summed E-state index contributed by atoms with van der Waals surface area (Å²) in [5.41, 5.74) is 0.0566. The van der Waals surface area contributed by atoms with E-state index in [1.54, 1.807) is 0 Å². The molecular formula is C13H17F2NO3S. The molecule has 0 aromatic heterocycles. The summed E-state index contributed by atoms with van der Waals surface area (Å²) in [6, 6.07) is 1.54. The van der Waals surface area contributed by atoms with Gasteiger partial charge in [0, 0.05) is 19.7 Å². The topological polar surface area (TPSA) is 57.6 Å². The summed E-state index contributed by atoms with van der Waals surface area (Å²) >= 11 is 0. The number of hydrogen-bond acceptors (Lipinski definition) is 3. The average molecular weight is 305 g/mol. The fourth-order valence-electron chi connectivity index (χ4n) is 1.99. The molecule has 20 heavy (non-hydrogen) atoms. The molecule has 1 unspecified atom stereocenters. The van der Waals surface area contributed by atoms with Gasteiger partial charge in [0.25, 0.3) is 0 Å². The van der Waals surface area contributed by atoms with Gasteiger partial charge in [0.1, 0.15) is 16.5 Å². The number of aliphatic hydroxyl groups is 1. The summed E-state index contributed by atoms with van der Waals surface area (Å²) in [4.78, 5) is -0.568. The fraction of sp³-hybridized carbons (Fsp3) is 0.538. The zero-order valence-electron chi connectivity index (χ0n) is 11.3. The van der Waals surface area contributed by atoms with Gasteiger partial charge in [0.2, 0.25) is 10.0 Å². The van der Waals surface area contributed by atoms with Gasteiger partial charge in [0.05, 0.1) is 6.10 Å². The predicted molar refractivity (Wildman–Crippen MR) is 69.6 cm³/mol. The molecule has 0 aliphatic heterocycles. The van der Waals surface area contributed by atoms with Crippen LogP contribution in [0.5, 0.6) is 0 Å². The fourth-order valence-corrected chi connectivity index (χ4v) is 3.30. The minimum absolute atomic E-state index is 0.0566. The zero-order chi connectivity index (χ0) is 15.1. The van der Waals surface area contributed by atoms with Crippen LogP contribution in [-0.4, -0.2) is 37.5 Å². The number of sulfonamides is 1. The lowest BCUT2D eigenvalue weighted by atomic mass is 10.2. The van der Waals surface area contributed by atoms with Gasteiger partial charge in [-0.3, -0.25) is 0 Å². The molecule has 1 N–H and O–H groups in total. The van der Waals surface area contributed by atoms with Gasteiger partial charge in [-0.2, -0.15) is 4.31 Å². The highest BCUT2D eigenvalue weighted by Gasteiger charge is 2.34. The van der Waals surface area contributed by atoms with Gasteiger partial charge in [0.15, 0.2) is 0 Å². The van der Waals surface area contributed by atoms with Crippen molar-refractivity contribution >= 4 is 10.0 Å². The summed E-state index contributed by atoms with van der Waals surface area (Å²) in [5.74, 6) is -1.80. The third-order valence-electron chi connectivity index (χ3n) is 3.51. The number of aryl methyl sites for hydroxylation is 1. The Morgan fingerprint density at radius 1 is 1.35 bits per heavy atom. The first-order valence-corrected chi connectivity index (χ1v) is 7.77. The van der Waals surface area contributed by atoms with Crippen molar-refractivity contribution in [2.75, 3.05) is 13.6 Å². The van der Waals surface area contributed by atoms with Crippen LogP contribution >= 0.6 is 0 Å². The van der Waals surface area contributed by atoms with E-state index in [4.69, 9.17) is 0 Å². The van der Waals surface area contributed by atoms with Crippen molar-refractivity contribution in [3.8, 4) is 0 Å². The maximum Gasteiger partial charge on any atom is 0.245 e. The lowest BCUT2D eigenvalue weighted by molar-refractivity contribution is 0.131. The van der Waals surface area contributed by atoms with Crippen molar-refractivity contribution in [1.29, 1.82) is 0 Å². The smallest absolute Gasteiger partial charge is 0.245 e. The van der Waals surface area contributed by atoms with Gasteiger partial charge in [-0.25, -0.2) is 17.2 Å². The summed E-state index contributed by atoms with van der Waals surface area (Å²) in [7, 11) is -2.80. The second-order valence-corrected chi connectivity index (χ2v) is 7.24. The Morgan fingerprint density at radius 3 is 2.50 bits per heavy atom. The molecule has 4 nitrogen and oxygen atoms in total. The molecule has 0 radical (unpaired) electrons. The monoisotopic (exact) mass is 305 g/mol. The summed E-state index contributed by atoms with van der Waals surface area (Å²) in [5, 5.41) is 9.78. The van der Waals surface area contributed by atoms with Crippen molar-refractivity contribution in [2.45, 2.75) is 30.8 Å². The number of hydrogen-bond donors (Lipinski definition) is 1. The minimum atomic E-state index is -4.08. The number of aliphatic hydroxyl groups excluding tert-OH is 1. The van der Waals surface area contributed by atoms with Crippen LogP contribution in [0.3, 0.4) is 0 Å². The Balaban J connectivity index is 2.27. The number of nitrogens with zero attached hydrogens (tertiary/aromatic N) is 1. The molecule has 0 amide bonds. The third kappa shape index (κ3) is 2.99. The second kappa shape index (κ2) is 5.38. The second-order valence-electron chi connectivity index (χ2n) is 5.22. The first kappa shape index (κ1) is 15.3. The Labute approximate surface area is 117 Å². The van der Waals surface area contributed by atoms with E-state index < -0.39 is 32.7 Å². The quantitative estimate of drug-likeness (QED) is 0.900. The van der Waals surface area contributed by atoms with E-state index in [0.29, 0.717) is 6.07 Å². The molecule has 112 valence electrons. The molecule has 1 aromatic carbocycles. The largest absolute Gasteiger partial charge is 0.391 e. The number of benzene rings is 1. The van der Waals surface area contributed by atoms with Crippen LogP contribution in [0.15, 0.2) is 17.0 Å². The van der Waals surface area contributed by atoms with Crippen LogP contribution < -0.4 is 0 Å². The average Bonchev–Trinajstić information content (AvgIpc) is 3.17. The molecule has 1 saturated carbocycles. The van der Waals surface area contributed by atoms with Gasteiger partial charge in [-0.1, -0.05) is 0 Å². The molecule has 1 aliphatic carbocycles. The lowest BCUT2D eigenvalue weighted by Crippen LogP contribution is -2.35. The first-order valence-electron chi connectivity index (χ1n) is 6.33. The van der Waals surface area contributed by atoms with Crippen molar-refractivity contribution in [1.82, 2.24) is 4.31 Å². The van der Waals surface area contributed by atoms with Gasteiger partial charge >= 0.3 is 0 Å². The summed E-state index contributed by atoms with van der Waals surface area (Å²) in [6.07, 6.45) is 0.998. The van der Waals surface area contributed by atoms with Crippen LogP contribution in [0.25, 0.3) is 0 Å². The van der Waals surface area contributed by atoms with Crippen molar-refractivity contribution < 1.29 is 22.3 Å². The van der Waals surface area contributed by atoms with Gasteiger partial charge in [-0.15, -0.1) is 0 Å². The number of rotatable bonds is 5. The molecule has 1 aliphatic rings. The van der Waals surface area contributed by atoms with E-state index >= 15 is 0 Å². The first-order chi connectivity index (χ1) is 9.23. The summed E-state index contributed by atoms with van der Waals surface area (Å²) < 4.78 is 52.3. The zero-order valence-corrected chi connectivity index (χ0v) is 12.1. The highest BCUT2D eigenvalue weighted by Crippen LogP contribution is 2.33. The van der Waals surface area contributed by atoms with E-state index in [9.17, 15) is 22.3 Å². The SMILES string of the molecule is Cc1cc(S(=O)(=O)N(C)CC(O)C2CC2)c(F)cc1F. The third-order valence-corrected chi connectivity index (χ3v) is 5.35. The molecular weight excluding hydrogens is 288 g/mol. The van der Waals surface area contributed by atoms with Crippen molar-refractivity contribution in [2.24, 2.45) is 5.92 Å². The number of likely N-dealkylation sites (N-methyl/N-ethyl adjacent to an activating group) is 1. The van der Waals surface area contributed by atoms with Crippen LogP contribution in [-0.2, 0) is 10.0 Å². The van der Waals surface area contributed by atoms with Crippen molar-refractivity contribution in [3.63, 3.8) is 0 Å². The Kier molecular flexibility index (Phi) is 4.13. The van der Waals surface area contributed by atoms with E-state index in [-0.39, 0.29) is 18.0 Å². The minimum Gasteiger partial charge on any atom is -0.391 e. The van der Waals surface area contributed by atoms with Crippen LogP contribution in [0.2, 0.25) is 0 Å². The Morgan fingerprint density at radius 2 is 1.95 bits per heavy atom. The van der Waals surface area contributed by atoms with Crippen molar-refractivity contribution in [3.05, 3.63) is 29.3 Å². The standard InChI is InChI=1S/C13H17F2NO3S/c1-8-5-13(11(15)6-10(8)14)20(18,19)16(2)7-12(17)9-3-4-9/h5-6,9,12,17H,3-4,7H2,1-2H3. The Bertz CT molecular complexity index is 614. The lowest BCUT2D eigenvalue weighted by Gasteiger charge is -2.21. The molecule has 2 rings (SSSR count). The molecule has 1 atom stereocenters. The maximum absolute atomic E-state index is 13.7. The molecule has 0 spiro atoms. The van der Waals surface area contributed by atoms with Gasteiger partial charge < -0.3 is 5.11 Å². The normalized spacial score (nSPS) is 17.5. The highest BCUT2D eigenvalue weighted by molar-refractivity contribution is 7.89. The molecule has 0 bridgehead atoms. The van der Waals surface area contributed by atoms with Crippen LogP contribution in [0, 0.1) is 24.5 Å². The maximum atomic E-state index is 13.7. The Hall–Kier alpha value is -1.05. The van der Waals surface area contributed by atoms with Gasteiger partial charge in [-0.05, 0) is 37.3 Å². The van der Waals surface area contributed by atoms with E-state index in [2.05, 4.69) is 0 Å². The van der Waals surface area contributed by atoms with E-state index in [1.807, 2.05) is 0 Å². The molecule has 7 heteroatoms. The number of halogens is 2. The van der Waals surface area contributed by atoms with E-state index in [1.165, 1.54) is 14.0 Å². The molecule has 0 saturated heterocycles. The molecule has 1 aromatic rings.